The van der Waals surface area contributed by atoms with Crippen molar-refractivity contribution in [2.75, 3.05) is 6.61 Å². The molecular formula is C12H11ClF2N2O2. The van der Waals surface area contributed by atoms with Gasteiger partial charge >= 0.3 is 5.97 Å². The van der Waals surface area contributed by atoms with E-state index in [4.69, 9.17) is 21.6 Å². The smallest absolute Gasteiger partial charge is 0.310 e. The van der Waals surface area contributed by atoms with Crippen molar-refractivity contribution in [3.63, 3.8) is 0 Å². The first-order valence-electron chi connectivity index (χ1n) is 5.45. The summed E-state index contributed by atoms with van der Waals surface area (Å²) in [5, 5.41) is 8.82. The zero-order valence-electron chi connectivity index (χ0n) is 10.1. The minimum Gasteiger partial charge on any atom is -0.466 e. The number of aromatic nitrogens is 1. The highest BCUT2D eigenvalue weighted by Crippen LogP contribution is 2.29. The lowest BCUT2D eigenvalue weighted by Gasteiger charge is -2.13. The average Bonchev–Trinajstić information content (AvgIpc) is 2.37. The van der Waals surface area contributed by atoms with Gasteiger partial charge < -0.3 is 4.74 Å². The molecule has 0 fully saturated rings. The summed E-state index contributed by atoms with van der Waals surface area (Å²) in [6.45, 7) is 1.75. The van der Waals surface area contributed by atoms with Crippen LogP contribution in [0.1, 0.15) is 35.7 Å². The van der Waals surface area contributed by atoms with E-state index in [1.807, 2.05) is 0 Å². The molecule has 1 rings (SSSR count). The fourth-order valence-corrected chi connectivity index (χ4v) is 1.85. The Hall–Kier alpha value is -1.74. The normalized spacial score (nSPS) is 10.3. The van der Waals surface area contributed by atoms with E-state index in [-0.39, 0.29) is 35.7 Å². The zero-order chi connectivity index (χ0) is 14.4. The predicted octanol–water partition coefficient (Wildman–Crippen LogP) is 2.74. The van der Waals surface area contributed by atoms with Crippen LogP contribution >= 0.6 is 11.6 Å². The number of carbonyl (C=O) groups excluding carboxylic acids is 1. The molecule has 0 atom stereocenters. The highest BCUT2D eigenvalue weighted by atomic mass is 35.5. The molecule has 0 spiro atoms. The summed E-state index contributed by atoms with van der Waals surface area (Å²) in [7, 11) is 0. The van der Waals surface area contributed by atoms with Crippen LogP contribution in [0.3, 0.4) is 0 Å². The van der Waals surface area contributed by atoms with E-state index < -0.39 is 18.0 Å². The van der Waals surface area contributed by atoms with Gasteiger partial charge in [0.25, 0.3) is 6.43 Å². The molecule has 0 saturated carbocycles. The van der Waals surface area contributed by atoms with E-state index in [9.17, 15) is 13.6 Å². The molecule has 1 aromatic rings. The molecule has 0 bridgehead atoms. The quantitative estimate of drug-likeness (QED) is 0.617. The van der Waals surface area contributed by atoms with Gasteiger partial charge in [-0.1, -0.05) is 0 Å². The number of halogens is 3. The summed E-state index contributed by atoms with van der Waals surface area (Å²) in [5.41, 5.74) is -0.629. The molecule has 1 aromatic heterocycles. The van der Waals surface area contributed by atoms with E-state index in [2.05, 4.69) is 4.98 Å². The Kier molecular flexibility index (Phi) is 5.64. The molecule has 0 aliphatic heterocycles. The highest BCUT2D eigenvalue weighted by Gasteiger charge is 2.23. The molecule has 0 amide bonds. The molecule has 0 unspecified atom stereocenters. The fraction of sp³-hybridized carbons (Fsp3) is 0.417. The molecule has 0 saturated heterocycles. The third-order valence-electron chi connectivity index (χ3n) is 2.40. The molecule has 0 N–H and O–H groups in total. The third-order valence-corrected chi connectivity index (χ3v) is 2.66. The van der Waals surface area contributed by atoms with E-state index in [0.29, 0.717) is 0 Å². The number of carbonyl (C=O) groups is 1. The Morgan fingerprint density at radius 3 is 2.79 bits per heavy atom. The Balaban J connectivity index is 3.31. The minimum atomic E-state index is -2.89. The molecule has 0 aliphatic carbocycles. The van der Waals surface area contributed by atoms with Crippen molar-refractivity contribution in [2.45, 2.75) is 25.7 Å². The molecule has 4 nitrogen and oxygen atoms in total. The van der Waals surface area contributed by atoms with Crippen LogP contribution < -0.4 is 0 Å². The molecule has 0 aliphatic rings. The number of esters is 1. The summed E-state index contributed by atoms with van der Waals surface area (Å²) in [6.07, 6.45) is -2.23. The highest BCUT2D eigenvalue weighted by molar-refractivity contribution is 6.17. The van der Waals surface area contributed by atoms with Crippen molar-refractivity contribution in [2.24, 2.45) is 0 Å². The van der Waals surface area contributed by atoms with Gasteiger partial charge in [-0.15, -0.1) is 11.6 Å². The van der Waals surface area contributed by atoms with Gasteiger partial charge in [-0.25, -0.2) is 8.78 Å². The van der Waals surface area contributed by atoms with Crippen LogP contribution in [0.2, 0.25) is 0 Å². The zero-order valence-corrected chi connectivity index (χ0v) is 10.9. The maximum Gasteiger partial charge on any atom is 0.310 e. The molecule has 0 radical (unpaired) electrons. The molecule has 19 heavy (non-hydrogen) atoms. The monoisotopic (exact) mass is 288 g/mol. The molecule has 0 aromatic carbocycles. The second kappa shape index (κ2) is 7.00. The number of ether oxygens (including phenoxy) is 1. The second-order valence-electron chi connectivity index (χ2n) is 3.54. The van der Waals surface area contributed by atoms with Crippen molar-refractivity contribution >= 4 is 17.6 Å². The maximum atomic E-state index is 13.1. The number of pyridine rings is 1. The first kappa shape index (κ1) is 15.3. The topological polar surface area (TPSA) is 63.0 Å². The van der Waals surface area contributed by atoms with Crippen molar-refractivity contribution in [3.8, 4) is 6.07 Å². The summed E-state index contributed by atoms with van der Waals surface area (Å²) in [4.78, 5) is 15.3. The fourth-order valence-electron chi connectivity index (χ4n) is 1.62. The van der Waals surface area contributed by atoms with Crippen LogP contribution in [0.15, 0.2) is 6.20 Å². The number of nitrogens with zero attached hydrogens (tertiary/aromatic N) is 2. The van der Waals surface area contributed by atoms with Crippen molar-refractivity contribution in [1.82, 2.24) is 4.98 Å². The maximum absolute atomic E-state index is 13.1. The predicted molar refractivity (Wildman–Crippen MR) is 63.8 cm³/mol. The van der Waals surface area contributed by atoms with E-state index in [1.165, 1.54) is 0 Å². The lowest BCUT2D eigenvalue weighted by Crippen LogP contribution is -2.13. The van der Waals surface area contributed by atoms with Gasteiger partial charge in [0.05, 0.1) is 30.2 Å². The van der Waals surface area contributed by atoms with Crippen LogP contribution in [0.5, 0.6) is 0 Å². The molecule has 1 heterocycles. The van der Waals surface area contributed by atoms with Crippen LogP contribution in [-0.4, -0.2) is 17.6 Å². The number of rotatable bonds is 5. The van der Waals surface area contributed by atoms with Gasteiger partial charge in [0, 0.05) is 11.8 Å². The van der Waals surface area contributed by atoms with Gasteiger partial charge in [-0.3, -0.25) is 9.78 Å². The molecule has 7 heteroatoms. The SMILES string of the molecule is CCOC(=O)Cc1c(CCl)ncc(C#N)c1C(F)F. The van der Waals surface area contributed by atoms with E-state index in [1.54, 1.807) is 13.0 Å². The van der Waals surface area contributed by atoms with Crippen LogP contribution in [0.25, 0.3) is 0 Å². The Labute approximate surface area is 114 Å². The number of hydrogen-bond acceptors (Lipinski definition) is 4. The third kappa shape index (κ3) is 3.61. The molecule has 102 valence electrons. The van der Waals surface area contributed by atoms with Crippen LogP contribution in [-0.2, 0) is 21.8 Å². The van der Waals surface area contributed by atoms with E-state index >= 15 is 0 Å². The standard InChI is InChI=1S/C12H11ClF2N2O2/c1-2-19-10(18)3-8-9(4-13)17-6-7(5-16)11(8)12(14)15/h6,12H,2-4H2,1H3. The minimum absolute atomic E-state index is 0.0255. The van der Waals surface area contributed by atoms with Crippen LogP contribution in [0, 0.1) is 11.3 Å². The summed E-state index contributed by atoms with van der Waals surface area (Å²) >= 11 is 5.62. The number of alkyl halides is 3. The Bertz CT molecular complexity index is 515. The largest absolute Gasteiger partial charge is 0.466 e. The first-order valence-corrected chi connectivity index (χ1v) is 5.99. The van der Waals surface area contributed by atoms with Crippen LogP contribution in [0.4, 0.5) is 8.78 Å². The lowest BCUT2D eigenvalue weighted by atomic mass is 9.99. The van der Waals surface area contributed by atoms with Gasteiger partial charge in [0.2, 0.25) is 0 Å². The Morgan fingerprint density at radius 1 is 1.63 bits per heavy atom. The second-order valence-corrected chi connectivity index (χ2v) is 3.81. The Morgan fingerprint density at radius 2 is 2.32 bits per heavy atom. The van der Waals surface area contributed by atoms with Crippen molar-refractivity contribution in [1.29, 1.82) is 5.26 Å². The summed E-state index contributed by atoms with van der Waals surface area (Å²) in [6, 6.07) is 1.64. The van der Waals surface area contributed by atoms with Gasteiger partial charge in [-0.2, -0.15) is 5.26 Å². The van der Waals surface area contributed by atoms with Gasteiger partial charge in [0.15, 0.2) is 0 Å². The van der Waals surface area contributed by atoms with Gasteiger partial charge in [-0.05, 0) is 12.5 Å². The van der Waals surface area contributed by atoms with E-state index in [0.717, 1.165) is 6.20 Å². The van der Waals surface area contributed by atoms with Crippen molar-refractivity contribution < 1.29 is 18.3 Å². The molecular weight excluding hydrogens is 278 g/mol. The summed E-state index contributed by atoms with van der Waals surface area (Å²) < 4.78 is 30.8. The average molecular weight is 289 g/mol. The van der Waals surface area contributed by atoms with Gasteiger partial charge in [0.1, 0.15) is 6.07 Å². The number of hydrogen-bond donors (Lipinski definition) is 0. The number of nitriles is 1. The first-order chi connectivity index (χ1) is 9.04. The van der Waals surface area contributed by atoms with Crippen molar-refractivity contribution in [3.05, 3.63) is 28.6 Å². The summed E-state index contributed by atoms with van der Waals surface area (Å²) in [5.74, 6) is -0.784. The lowest BCUT2D eigenvalue weighted by molar-refractivity contribution is -0.142.